The maximum atomic E-state index is 11.5. The van der Waals surface area contributed by atoms with Crippen LogP contribution in [0.15, 0.2) is 0 Å². The standard InChI is InChI=1S/C30H68O6Si4/c1-27(2,3)37(13,14)32-21-22(34-38(15,16)28(4,5)6)23-24(35-39(17,18)29(7,8)9)25(26(31)33-23)36-40(19,20)30(10,11)12/h22-26,31H,21H2,1-20H3/t22-,23-,24-,25+,26+/m0/s1. The summed E-state index contributed by atoms with van der Waals surface area (Å²) >= 11 is 0. The van der Waals surface area contributed by atoms with Gasteiger partial charge in [-0.1, -0.05) is 83.1 Å². The Hall–Kier alpha value is 0.628. The van der Waals surface area contributed by atoms with E-state index in [1.165, 1.54) is 0 Å². The second-order valence-electron chi connectivity index (χ2n) is 18.2. The highest BCUT2D eigenvalue weighted by Gasteiger charge is 2.56. The summed E-state index contributed by atoms with van der Waals surface area (Å²) in [4.78, 5) is 0. The van der Waals surface area contributed by atoms with Crippen molar-refractivity contribution in [2.24, 2.45) is 0 Å². The van der Waals surface area contributed by atoms with Crippen LogP contribution in [0, 0.1) is 0 Å². The molecule has 0 aromatic rings. The molecule has 1 saturated heterocycles. The SMILES string of the molecule is CC(C)(C)[Si](C)(C)OC[C@H](O[Si](C)(C)C(C)(C)C)[C@@H]1O[C@@H](O)[C@H](O[Si](C)(C)C(C)(C)C)[C@H]1O[Si](C)(C)C(C)(C)C. The molecule has 0 radical (unpaired) electrons. The molecule has 0 saturated carbocycles. The van der Waals surface area contributed by atoms with Gasteiger partial charge in [-0.15, -0.1) is 0 Å². The maximum Gasteiger partial charge on any atom is 0.192 e. The Labute approximate surface area is 253 Å². The van der Waals surface area contributed by atoms with E-state index in [0.29, 0.717) is 6.61 Å². The highest BCUT2D eigenvalue weighted by Crippen LogP contribution is 2.46. The molecule has 0 amide bonds. The Bertz CT molecular complexity index is 831. The average Bonchev–Trinajstić information content (AvgIpc) is 2.96. The fraction of sp³-hybridized carbons (Fsp3) is 1.00. The van der Waals surface area contributed by atoms with Crippen LogP contribution in [0.1, 0.15) is 83.1 Å². The van der Waals surface area contributed by atoms with Gasteiger partial charge in [-0.25, -0.2) is 0 Å². The smallest absolute Gasteiger partial charge is 0.192 e. The van der Waals surface area contributed by atoms with Gasteiger partial charge in [0.1, 0.15) is 18.3 Å². The van der Waals surface area contributed by atoms with Crippen LogP contribution in [0.4, 0.5) is 0 Å². The zero-order chi connectivity index (χ0) is 32.1. The lowest BCUT2D eigenvalue weighted by molar-refractivity contribution is -0.145. The molecule has 1 N–H and O–H groups in total. The molecule has 0 unspecified atom stereocenters. The van der Waals surface area contributed by atoms with Crippen LogP contribution in [0.5, 0.6) is 0 Å². The predicted octanol–water partition coefficient (Wildman–Crippen LogP) is 8.90. The van der Waals surface area contributed by atoms with Crippen molar-refractivity contribution in [1.29, 1.82) is 0 Å². The van der Waals surface area contributed by atoms with Crippen LogP contribution in [0.3, 0.4) is 0 Å². The first-order valence-corrected chi connectivity index (χ1v) is 26.9. The lowest BCUT2D eigenvalue weighted by Crippen LogP contribution is -2.58. The van der Waals surface area contributed by atoms with E-state index in [1.807, 2.05) is 0 Å². The second kappa shape index (κ2) is 12.2. The summed E-state index contributed by atoms with van der Waals surface area (Å²) in [6.07, 6.45) is -3.02. The largest absolute Gasteiger partial charge is 0.414 e. The third-order valence-electron chi connectivity index (χ3n) is 10.7. The van der Waals surface area contributed by atoms with E-state index in [-0.39, 0.29) is 26.3 Å². The van der Waals surface area contributed by atoms with Crippen molar-refractivity contribution < 1.29 is 27.5 Å². The summed E-state index contributed by atoms with van der Waals surface area (Å²) in [7, 11) is -8.82. The Balaban J connectivity index is 3.67. The molecule has 0 aromatic heterocycles. The average molecular weight is 637 g/mol. The number of aliphatic hydroxyl groups excluding tert-OH is 1. The lowest BCUT2D eigenvalue weighted by Gasteiger charge is -2.46. The highest BCUT2D eigenvalue weighted by molar-refractivity contribution is 6.75. The van der Waals surface area contributed by atoms with Crippen molar-refractivity contribution in [2.75, 3.05) is 6.61 Å². The first-order chi connectivity index (χ1) is 17.3. The zero-order valence-corrected chi connectivity index (χ0v) is 34.1. The monoisotopic (exact) mass is 636 g/mol. The molecule has 1 rings (SSSR count). The lowest BCUT2D eigenvalue weighted by atomic mass is 10.1. The second-order valence-corrected chi connectivity index (χ2v) is 37.2. The molecule has 1 aliphatic rings. The predicted molar refractivity (Wildman–Crippen MR) is 180 cm³/mol. The number of hydrogen-bond donors (Lipinski definition) is 1. The quantitative estimate of drug-likeness (QED) is 0.242. The summed E-state index contributed by atoms with van der Waals surface area (Å²) in [5.41, 5.74) is 0. The Kier molecular flexibility index (Phi) is 11.8. The van der Waals surface area contributed by atoms with Gasteiger partial charge in [0.25, 0.3) is 0 Å². The van der Waals surface area contributed by atoms with E-state index < -0.39 is 57.9 Å². The van der Waals surface area contributed by atoms with Gasteiger partial charge in [0, 0.05) is 0 Å². The Morgan fingerprint density at radius 3 is 1.27 bits per heavy atom. The van der Waals surface area contributed by atoms with Gasteiger partial charge in [-0.05, 0) is 72.5 Å². The third kappa shape index (κ3) is 9.08. The van der Waals surface area contributed by atoms with Crippen LogP contribution < -0.4 is 0 Å². The maximum absolute atomic E-state index is 11.5. The van der Waals surface area contributed by atoms with Crippen LogP contribution >= 0.6 is 0 Å². The molecule has 0 spiro atoms. The fourth-order valence-corrected chi connectivity index (χ4v) is 8.43. The number of rotatable bonds is 10. The van der Waals surface area contributed by atoms with Crippen LogP contribution in [0.25, 0.3) is 0 Å². The third-order valence-corrected chi connectivity index (χ3v) is 28.7. The van der Waals surface area contributed by atoms with Gasteiger partial charge in [-0.2, -0.15) is 0 Å². The molecule has 240 valence electrons. The number of aliphatic hydroxyl groups is 1. The van der Waals surface area contributed by atoms with E-state index in [2.05, 4.69) is 135 Å². The molecular formula is C30H68O6Si4. The minimum atomic E-state index is -2.27. The Morgan fingerprint density at radius 1 is 0.575 bits per heavy atom. The van der Waals surface area contributed by atoms with E-state index in [4.69, 9.17) is 22.4 Å². The van der Waals surface area contributed by atoms with Gasteiger partial charge in [0.2, 0.25) is 0 Å². The molecule has 1 heterocycles. The van der Waals surface area contributed by atoms with Crippen molar-refractivity contribution in [3.8, 4) is 0 Å². The molecule has 10 heteroatoms. The van der Waals surface area contributed by atoms with E-state index >= 15 is 0 Å². The zero-order valence-electron chi connectivity index (χ0n) is 30.1. The molecule has 5 atom stereocenters. The first-order valence-electron chi connectivity index (χ1n) is 15.3. The summed E-state index contributed by atoms with van der Waals surface area (Å²) in [5, 5.41) is 11.5. The number of hydrogen-bond acceptors (Lipinski definition) is 6. The van der Waals surface area contributed by atoms with Gasteiger partial charge in [-0.3, -0.25) is 0 Å². The Morgan fingerprint density at radius 2 is 0.925 bits per heavy atom. The molecule has 6 nitrogen and oxygen atoms in total. The fourth-order valence-electron chi connectivity index (χ4n) is 3.52. The van der Waals surface area contributed by atoms with Crippen molar-refractivity contribution in [3.63, 3.8) is 0 Å². The van der Waals surface area contributed by atoms with Crippen molar-refractivity contribution >= 4 is 33.3 Å². The molecule has 40 heavy (non-hydrogen) atoms. The van der Waals surface area contributed by atoms with Crippen LogP contribution in [-0.4, -0.2) is 75.7 Å². The van der Waals surface area contributed by atoms with E-state index in [9.17, 15) is 5.11 Å². The number of ether oxygens (including phenoxy) is 1. The molecule has 1 aliphatic heterocycles. The summed E-state index contributed by atoms with van der Waals surface area (Å²) < 4.78 is 34.4. The normalized spacial score (nSPS) is 25.4. The van der Waals surface area contributed by atoms with Gasteiger partial charge < -0.3 is 27.5 Å². The molecule has 0 bridgehead atoms. The topological polar surface area (TPSA) is 66.4 Å². The van der Waals surface area contributed by atoms with Gasteiger partial charge in [0.15, 0.2) is 39.6 Å². The van der Waals surface area contributed by atoms with E-state index in [0.717, 1.165) is 0 Å². The molecule has 0 aliphatic carbocycles. The minimum absolute atomic E-state index is 0.00622. The van der Waals surface area contributed by atoms with Crippen molar-refractivity contribution in [3.05, 3.63) is 0 Å². The minimum Gasteiger partial charge on any atom is -0.414 e. The van der Waals surface area contributed by atoms with Crippen molar-refractivity contribution in [2.45, 2.75) is 186 Å². The molecule has 0 aromatic carbocycles. The summed E-state index contributed by atoms with van der Waals surface area (Å²) in [5.74, 6) is 0. The summed E-state index contributed by atoms with van der Waals surface area (Å²) in [6, 6.07) is 0. The summed E-state index contributed by atoms with van der Waals surface area (Å²) in [6.45, 7) is 45.4. The van der Waals surface area contributed by atoms with Crippen molar-refractivity contribution in [1.82, 2.24) is 0 Å². The van der Waals surface area contributed by atoms with Crippen LogP contribution in [0.2, 0.25) is 72.5 Å². The van der Waals surface area contributed by atoms with Crippen LogP contribution in [-0.2, 0) is 22.4 Å². The van der Waals surface area contributed by atoms with E-state index in [1.54, 1.807) is 0 Å². The highest BCUT2D eigenvalue weighted by atomic mass is 28.4. The first kappa shape index (κ1) is 38.7. The van der Waals surface area contributed by atoms with Gasteiger partial charge in [0.05, 0.1) is 12.7 Å². The van der Waals surface area contributed by atoms with Gasteiger partial charge >= 0.3 is 0 Å². The molecular weight excluding hydrogens is 569 g/mol. The molecule has 1 fully saturated rings.